The molecule has 2 rings (SSSR count). The predicted octanol–water partition coefficient (Wildman–Crippen LogP) is 0.788. The van der Waals surface area contributed by atoms with Crippen molar-refractivity contribution in [1.29, 1.82) is 0 Å². The highest BCUT2D eigenvalue weighted by atomic mass is 32.2. The van der Waals surface area contributed by atoms with E-state index in [-0.39, 0.29) is 22.3 Å². The van der Waals surface area contributed by atoms with E-state index in [4.69, 9.17) is 5.73 Å². The number of aromatic nitrogens is 2. The van der Waals surface area contributed by atoms with Crippen LogP contribution in [0, 0.1) is 0 Å². The summed E-state index contributed by atoms with van der Waals surface area (Å²) in [7, 11) is -3.44. The molecule has 2 heterocycles. The highest BCUT2D eigenvalue weighted by Crippen LogP contribution is 2.32. The van der Waals surface area contributed by atoms with E-state index in [0.717, 1.165) is 25.9 Å². The van der Waals surface area contributed by atoms with Crippen molar-refractivity contribution in [2.75, 3.05) is 30.4 Å². The molecule has 0 unspecified atom stereocenters. The second kappa shape index (κ2) is 5.49. The van der Waals surface area contributed by atoms with Crippen LogP contribution in [0.2, 0.25) is 0 Å². The van der Waals surface area contributed by atoms with Gasteiger partial charge in [-0.05, 0) is 46.7 Å². The number of nitrogens with zero attached hydrogens (tertiary/aromatic N) is 2. The molecule has 4 N–H and O–H groups in total. The van der Waals surface area contributed by atoms with Crippen LogP contribution in [-0.4, -0.2) is 43.6 Å². The molecule has 21 heavy (non-hydrogen) atoms. The minimum atomic E-state index is -3.44. The summed E-state index contributed by atoms with van der Waals surface area (Å²) in [4.78, 5) is 0.107. The third-order valence-corrected chi connectivity index (χ3v) is 4.71. The molecule has 120 valence electrons. The Kier molecular flexibility index (Phi) is 4.21. The summed E-state index contributed by atoms with van der Waals surface area (Å²) < 4.78 is 25.7. The largest absolute Gasteiger partial charge is 0.383 e. The lowest BCUT2D eigenvalue weighted by molar-refractivity contribution is 0.361. The normalized spacial score (nSPS) is 17.9. The number of nitrogens with one attached hydrogen (secondary N) is 2. The van der Waals surface area contributed by atoms with E-state index < -0.39 is 9.84 Å². The molecule has 1 aromatic heterocycles. The Bertz CT molecular complexity index is 609. The Balaban J connectivity index is 2.43. The number of sulfone groups is 1. The zero-order valence-electron chi connectivity index (χ0n) is 13.1. The quantitative estimate of drug-likeness (QED) is 0.762. The van der Waals surface area contributed by atoms with Gasteiger partial charge in [-0.1, -0.05) is 0 Å². The van der Waals surface area contributed by atoms with E-state index in [1.165, 1.54) is 6.26 Å². The highest BCUT2D eigenvalue weighted by Gasteiger charge is 2.30. The van der Waals surface area contributed by atoms with Gasteiger partial charge in [-0.25, -0.2) is 13.1 Å². The molecule has 8 heteroatoms. The minimum Gasteiger partial charge on any atom is -0.383 e. The van der Waals surface area contributed by atoms with Crippen molar-refractivity contribution in [3.8, 4) is 0 Å². The lowest BCUT2D eigenvalue weighted by Crippen LogP contribution is -2.35. The molecule has 7 nitrogen and oxygen atoms in total. The molecule has 0 amide bonds. The number of nitrogen functional groups attached to an aromatic ring is 1. The van der Waals surface area contributed by atoms with Crippen LogP contribution in [0.3, 0.4) is 0 Å². The maximum absolute atomic E-state index is 12.1. The van der Waals surface area contributed by atoms with E-state index >= 15 is 0 Å². The van der Waals surface area contributed by atoms with Crippen molar-refractivity contribution in [3.63, 3.8) is 0 Å². The highest BCUT2D eigenvalue weighted by molar-refractivity contribution is 7.91. The van der Waals surface area contributed by atoms with Gasteiger partial charge in [0.15, 0.2) is 20.6 Å². The van der Waals surface area contributed by atoms with E-state index in [2.05, 4.69) is 15.7 Å². The van der Waals surface area contributed by atoms with E-state index in [1.54, 1.807) is 4.68 Å². The van der Waals surface area contributed by atoms with Gasteiger partial charge in [0.25, 0.3) is 0 Å². The average molecular weight is 315 g/mol. The zero-order chi connectivity index (χ0) is 15.8. The van der Waals surface area contributed by atoms with Crippen LogP contribution in [0.4, 0.5) is 11.6 Å². The minimum absolute atomic E-state index is 0.107. The molecule has 0 aliphatic carbocycles. The molecule has 0 radical (unpaired) electrons. The van der Waals surface area contributed by atoms with E-state index in [9.17, 15) is 8.42 Å². The summed E-state index contributed by atoms with van der Waals surface area (Å²) in [6.07, 6.45) is 3.04. The molecular formula is C13H25N5O2S. The fourth-order valence-electron chi connectivity index (χ4n) is 2.55. The van der Waals surface area contributed by atoms with Crippen molar-refractivity contribution >= 4 is 21.5 Å². The molecule has 1 fully saturated rings. The lowest BCUT2D eigenvalue weighted by Gasteiger charge is -2.24. The Labute approximate surface area is 126 Å². The Morgan fingerprint density at radius 3 is 2.38 bits per heavy atom. The second-order valence-electron chi connectivity index (χ2n) is 6.59. The topological polar surface area (TPSA) is 102 Å². The first-order chi connectivity index (χ1) is 9.60. The molecular weight excluding hydrogens is 290 g/mol. The average Bonchev–Trinajstić information content (AvgIpc) is 2.66. The number of anilines is 2. The molecule has 0 saturated carbocycles. The van der Waals surface area contributed by atoms with Gasteiger partial charge >= 0.3 is 0 Å². The summed E-state index contributed by atoms with van der Waals surface area (Å²) in [5.41, 5.74) is 5.67. The first-order valence-corrected chi connectivity index (χ1v) is 9.06. The maximum Gasteiger partial charge on any atom is 0.182 e. The SMILES string of the molecule is CC(C)(C)n1nc(NC2CCNCC2)c(S(C)(=O)=O)c1N. The predicted molar refractivity (Wildman–Crippen MR) is 84.3 cm³/mol. The molecule has 0 atom stereocenters. The zero-order valence-corrected chi connectivity index (χ0v) is 13.9. The number of nitrogens with two attached hydrogens (primary N) is 1. The molecule has 1 saturated heterocycles. The summed E-state index contributed by atoms with van der Waals surface area (Å²) in [6, 6.07) is 0.217. The van der Waals surface area contributed by atoms with Gasteiger partial charge < -0.3 is 16.4 Å². The van der Waals surface area contributed by atoms with Crippen LogP contribution in [0.25, 0.3) is 0 Å². The van der Waals surface area contributed by atoms with Gasteiger partial charge in [0, 0.05) is 12.3 Å². The van der Waals surface area contributed by atoms with Gasteiger partial charge in [0.1, 0.15) is 5.82 Å². The standard InChI is InChI=1S/C13H25N5O2S/c1-13(2,3)18-11(14)10(21(4,19)20)12(17-18)16-9-5-7-15-8-6-9/h9,15H,5-8,14H2,1-4H3,(H,16,17). The summed E-state index contributed by atoms with van der Waals surface area (Å²) in [5.74, 6) is 0.568. The number of rotatable bonds is 3. The van der Waals surface area contributed by atoms with Crippen LogP contribution < -0.4 is 16.4 Å². The van der Waals surface area contributed by atoms with Crippen LogP contribution in [0.5, 0.6) is 0 Å². The number of hydrogen-bond donors (Lipinski definition) is 3. The van der Waals surface area contributed by atoms with Crippen molar-refractivity contribution in [1.82, 2.24) is 15.1 Å². The smallest absolute Gasteiger partial charge is 0.182 e. The van der Waals surface area contributed by atoms with Crippen molar-refractivity contribution in [2.24, 2.45) is 0 Å². The summed E-state index contributed by atoms with van der Waals surface area (Å²) in [6.45, 7) is 7.66. The molecule has 1 aliphatic heterocycles. The molecule has 0 aromatic carbocycles. The fourth-order valence-corrected chi connectivity index (χ4v) is 3.47. The third-order valence-electron chi connectivity index (χ3n) is 3.56. The second-order valence-corrected chi connectivity index (χ2v) is 8.54. The number of hydrogen-bond acceptors (Lipinski definition) is 6. The Morgan fingerprint density at radius 2 is 1.90 bits per heavy atom. The van der Waals surface area contributed by atoms with Crippen LogP contribution >= 0.6 is 0 Å². The lowest BCUT2D eigenvalue weighted by atomic mass is 10.1. The van der Waals surface area contributed by atoms with Gasteiger partial charge in [0.2, 0.25) is 0 Å². The number of piperidine rings is 1. The van der Waals surface area contributed by atoms with E-state index in [1.807, 2.05) is 20.8 Å². The van der Waals surface area contributed by atoms with Gasteiger partial charge in [-0.3, -0.25) is 0 Å². The summed E-state index contributed by atoms with van der Waals surface area (Å²) >= 11 is 0. The van der Waals surface area contributed by atoms with E-state index in [0.29, 0.717) is 5.82 Å². The molecule has 0 bridgehead atoms. The van der Waals surface area contributed by atoms with Gasteiger partial charge in [-0.15, -0.1) is 0 Å². The fraction of sp³-hybridized carbons (Fsp3) is 0.769. The first-order valence-electron chi connectivity index (χ1n) is 7.17. The van der Waals surface area contributed by atoms with Crippen molar-refractivity contribution in [2.45, 2.75) is 50.1 Å². The first kappa shape index (κ1) is 16.1. The van der Waals surface area contributed by atoms with Gasteiger partial charge in [0.05, 0.1) is 5.54 Å². The molecule has 0 spiro atoms. The Hall–Kier alpha value is -1.28. The van der Waals surface area contributed by atoms with Gasteiger partial charge in [-0.2, -0.15) is 5.10 Å². The van der Waals surface area contributed by atoms with Crippen LogP contribution in [0.15, 0.2) is 4.90 Å². The van der Waals surface area contributed by atoms with Crippen LogP contribution in [0.1, 0.15) is 33.6 Å². The van der Waals surface area contributed by atoms with Crippen LogP contribution in [-0.2, 0) is 15.4 Å². The molecule has 1 aliphatic rings. The molecule has 1 aromatic rings. The maximum atomic E-state index is 12.1. The monoisotopic (exact) mass is 315 g/mol. The summed E-state index contributed by atoms with van der Waals surface area (Å²) in [5, 5.41) is 11.0. The Morgan fingerprint density at radius 1 is 1.33 bits per heavy atom. The third kappa shape index (κ3) is 3.49. The van der Waals surface area contributed by atoms with Crippen molar-refractivity contribution < 1.29 is 8.42 Å². The van der Waals surface area contributed by atoms with Crippen molar-refractivity contribution in [3.05, 3.63) is 0 Å².